The molecule has 0 radical (unpaired) electrons. The van der Waals surface area contributed by atoms with Crippen molar-refractivity contribution in [3.63, 3.8) is 0 Å². The minimum absolute atomic E-state index is 0.167. The Hall–Kier alpha value is -0.340. The lowest BCUT2D eigenvalue weighted by Crippen LogP contribution is -2.07. The Kier molecular flexibility index (Phi) is 2.35. The Morgan fingerprint density at radius 2 is 2.00 bits per heavy atom. The van der Waals surface area contributed by atoms with Gasteiger partial charge in [0.05, 0.1) is 6.61 Å². The Balaban J connectivity index is 2.89. The van der Waals surface area contributed by atoms with Crippen molar-refractivity contribution in [2.24, 2.45) is 0 Å². The highest BCUT2D eigenvalue weighted by Crippen LogP contribution is 2.29. The van der Waals surface area contributed by atoms with Gasteiger partial charge in [0.15, 0.2) is 0 Å². The van der Waals surface area contributed by atoms with Gasteiger partial charge >= 0.3 is 0 Å². The van der Waals surface area contributed by atoms with E-state index in [-0.39, 0.29) is 12.0 Å². The maximum absolute atomic E-state index is 8.83. The van der Waals surface area contributed by atoms with E-state index >= 15 is 0 Å². The molecule has 0 atom stereocenters. The third kappa shape index (κ3) is 2.04. The van der Waals surface area contributed by atoms with Crippen LogP contribution in [0.2, 0.25) is 0 Å². The molecule has 1 aromatic rings. The summed E-state index contributed by atoms with van der Waals surface area (Å²) in [7, 11) is 0. The van der Waals surface area contributed by atoms with Crippen LogP contribution in [-0.4, -0.2) is 5.11 Å². The zero-order valence-corrected chi connectivity index (χ0v) is 8.03. The molecule has 0 saturated carbocycles. The molecule has 11 heavy (non-hydrogen) atoms. The Morgan fingerprint density at radius 3 is 2.27 bits per heavy atom. The molecule has 0 aliphatic carbocycles. The summed E-state index contributed by atoms with van der Waals surface area (Å²) in [6, 6.07) is 4.08. The second kappa shape index (κ2) is 2.95. The molecule has 0 saturated heterocycles. The lowest BCUT2D eigenvalue weighted by Gasteiger charge is -2.15. The van der Waals surface area contributed by atoms with Gasteiger partial charge in [-0.25, -0.2) is 0 Å². The maximum atomic E-state index is 8.83. The molecule has 1 aromatic heterocycles. The summed E-state index contributed by atoms with van der Waals surface area (Å²) in [5.41, 5.74) is 0.220. The minimum Gasteiger partial charge on any atom is -0.391 e. The molecule has 0 aliphatic rings. The van der Waals surface area contributed by atoms with Gasteiger partial charge in [0.25, 0.3) is 0 Å². The molecular formula is C9H14OS. The smallest absolute Gasteiger partial charge is 0.0774 e. The Bertz CT molecular complexity index is 232. The molecule has 0 fully saturated rings. The highest BCUT2D eigenvalue weighted by molar-refractivity contribution is 7.12. The van der Waals surface area contributed by atoms with E-state index in [9.17, 15) is 0 Å². The molecule has 1 heterocycles. The fourth-order valence-corrected chi connectivity index (χ4v) is 1.79. The molecule has 0 aromatic carbocycles. The average Bonchev–Trinajstić information content (AvgIpc) is 2.32. The molecule has 62 valence electrons. The van der Waals surface area contributed by atoms with Crippen LogP contribution in [0.25, 0.3) is 0 Å². The zero-order valence-electron chi connectivity index (χ0n) is 7.22. The third-order valence-corrected chi connectivity index (χ3v) is 3.05. The Labute approximate surface area is 71.7 Å². The van der Waals surface area contributed by atoms with E-state index < -0.39 is 0 Å². The first kappa shape index (κ1) is 8.75. The number of hydrogen-bond acceptors (Lipinski definition) is 2. The largest absolute Gasteiger partial charge is 0.391 e. The average molecular weight is 170 g/mol. The monoisotopic (exact) mass is 170 g/mol. The molecule has 0 amide bonds. The lowest BCUT2D eigenvalue weighted by molar-refractivity contribution is 0.285. The SMILES string of the molecule is CC(C)(C)c1ccc(CO)s1. The van der Waals surface area contributed by atoms with Crippen LogP contribution >= 0.6 is 11.3 Å². The van der Waals surface area contributed by atoms with Crippen LogP contribution < -0.4 is 0 Å². The summed E-state index contributed by atoms with van der Waals surface area (Å²) in [6.45, 7) is 6.71. The first-order valence-corrected chi connectivity index (χ1v) is 4.56. The van der Waals surface area contributed by atoms with Gasteiger partial charge in [0.1, 0.15) is 0 Å². The van der Waals surface area contributed by atoms with Crippen LogP contribution in [0.3, 0.4) is 0 Å². The number of aliphatic hydroxyl groups is 1. The van der Waals surface area contributed by atoms with Gasteiger partial charge < -0.3 is 5.11 Å². The lowest BCUT2D eigenvalue weighted by atomic mass is 9.95. The van der Waals surface area contributed by atoms with Gasteiger partial charge in [-0.15, -0.1) is 11.3 Å². The normalized spacial score (nSPS) is 12.0. The second-order valence-electron chi connectivity index (χ2n) is 3.67. The van der Waals surface area contributed by atoms with Crippen molar-refractivity contribution < 1.29 is 5.11 Å². The molecule has 0 spiro atoms. The van der Waals surface area contributed by atoms with Crippen molar-refractivity contribution in [1.29, 1.82) is 0 Å². The first-order valence-electron chi connectivity index (χ1n) is 3.74. The molecule has 0 unspecified atom stereocenters. The second-order valence-corrected chi connectivity index (χ2v) is 4.84. The fourth-order valence-electron chi connectivity index (χ4n) is 0.866. The topological polar surface area (TPSA) is 20.2 Å². The van der Waals surface area contributed by atoms with E-state index in [4.69, 9.17) is 5.11 Å². The van der Waals surface area contributed by atoms with E-state index in [0.29, 0.717) is 0 Å². The number of thiophene rings is 1. The van der Waals surface area contributed by atoms with E-state index in [0.717, 1.165) is 4.88 Å². The van der Waals surface area contributed by atoms with E-state index in [2.05, 4.69) is 26.8 Å². The molecular weight excluding hydrogens is 156 g/mol. The molecule has 2 heteroatoms. The standard InChI is InChI=1S/C9H14OS/c1-9(2,3)8-5-4-7(6-10)11-8/h4-5,10H,6H2,1-3H3. The van der Waals surface area contributed by atoms with Crippen LogP contribution in [0, 0.1) is 0 Å². The highest BCUT2D eigenvalue weighted by atomic mass is 32.1. The number of hydrogen-bond donors (Lipinski definition) is 1. The van der Waals surface area contributed by atoms with E-state index in [1.54, 1.807) is 11.3 Å². The molecule has 0 bridgehead atoms. The summed E-state index contributed by atoms with van der Waals surface area (Å²) in [5, 5.41) is 8.83. The van der Waals surface area contributed by atoms with Crippen molar-refractivity contribution in [2.75, 3.05) is 0 Å². The molecule has 1 nitrogen and oxygen atoms in total. The summed E-state index contributed by atoms with van der Waals surface area (Å²) < 4.78 is 0. The fraction of sp³-hybridized carbons (Fsp3) is 0.556. The van der Waals surface area contributed by atoms with Crippen LogP contribution in [0.4, 0.5) is 0 Å². The predicted octanol–water partition coefficient (Wildman–Crippen LogP) is 2.54. The van der Waals surface area contributed by atoms with Crippen molar-refractivity contribution >= 4 is 11.3 Å². The molecule has 0 aliphatic heterocycles. The van der Waals surface area contributed by atoms with E-state index in [1.165, 1.54) is 4.88 Å². The van der Waals surface area contributed by atoms with E-state index in [1.807, 2.05) is 6.07 Å². The van der Waals surface area contributed by atoms with Crippen LogP contribution in [-0.2, 0) is 12.0 Å². The van der Waals surface area contributed by atoms with Gasteiger partial charge in [0, 0.05) is 9.75 Å². The summed E-state index contributed by atoms with van der Waals surface area (Å²) in [4.78, 5) is 2.39. The van der Waals surface area contributed by atoms with Gasteiger partial charge in [-0.05, 0) is 17.5 Å². The van der Waals surface area contributed by atoms with Crippen molar-refractivity contribution in [1.82, 2.24) is 0 Å². The summed E-state index contributed by atoms with van der Waals surface area (Å²) >= 11 is 1.69. The van der Waals surface area contributed by atoms with Gasteiger partial charge in [0.2, 0.25) is 0 Å². The van der Waals surface area contributed by atoms with Crippen LogP contribution in [0.5, 0.6) is 0 Å². The third-order valence-electron chi connectivity index (χ3n) is 1.56. The van der Waals surface area contributed by atoms with Gasteiger partial charge in [-0.3, -0.25) is 0 Å². The van der Waals surface area contributed by atoms with Crippen LogP contribution in [0.15, 0.2) is 12.1 Å². The van der Waals surface area contributed by atoms with Gasteiger partial charge in [-0.2, -0.15) is 0 Å². The Morgan fingerprint density at radius 1 is 1.36 bits per heavy atom. The van der Waals surface area contributed by atoms with Gasteiger partial charge in [-0.1, -0.05) is 20.8 Å². The number of rotatable bonds is 1. The predicted molar refractivity (Wildman–Crippen MR) is 48.9 cm³/mol. The summed E-state index contributed by atoms with van der Waals surface area (Å²) in [5.74, 6) is 0. The molecule has 1 rings (SSSR count). The van der Waals surface area contributed by atoms with Crippen molar-refractivity contribution in [3.05, 3.63) is 21.9 Å². The first-order chi connectivity index (χ1) is 5.04. The number of aliphatic hydroxyl groups excluding tert-OH is 1. The zero-order chi connectivity index (χ0) is 8.48. The minimum atomic E-state index is 0.167. The van der Waals surface area contributed by atoms with Crippen LogP contribution in [0.1, 0.15) is 30.5 Å². The highest BCUT2D eigenvalue weighted by Gasteiger charge is 2.15. The van der Waals surface area contributed by atoms with Crippen molar-refractivity contribution in [2.45, 2.75) is 32.8 Å². The maximum Gasteiger partial charge on any atom is 0.0774 e. The summed E-state index contributed by atoms with van der Waals surface area (Å²) in [6.07, 6.45) is 0. The van der Waals surface area contributed by atoms with Crippen molar-refractivity contribution in [3.8, 4) is 0 Å². The quantitative estimate of drug-likeness (QED) is 0.686. The molecule has 1 N–H and O–H groups in total.